The van der Waals surface area contributed by atoms with Gasteiger partial charge in [-0.3, -0.25) is 0 Å². The second-order valence-electron chi connectivity index (χ2n) is 6.81. The Morgan fingerprint density at radius 2 is 1.95 bits per heavy atom. The summed E-state index contributed by atoms with van der Waals surface area (Å²) in [5, 5.41) is 9.01. The van der Waals surface area contributed by atoms with Crippen molar-refractivity contribution in [2.24, 2.45) is 5.41 Å². The molecule has 4 nitrogen and oxygen atoms in total. The molecule has 0 spiro atoms. The van der Waals surface area contributed by atoms with Crippen LogP contribution in [0.1, 0.15) is 56.8 Å². The molecule has 22 heavy (non-hydrogen) atoms. The number of hydrogen-bond donors (Lipinski definition) is 1. The van der Waals surface area contributed by atoms with E-state index in [-0.39, 0.29) is 22.8 Å². The Morgan fingerprint density at radius 1 is 1.32 bits per heavy atom. The number of aromatic carboxylic acids is 1. The molecule has 1 aromatic carbocycles. The summed E-state index contributed by atoms with van der Waals surface area (Å²) in [5.41, 5.74) is -0.362. The fourth-order valence-corrected chi connectivity index (χ4v) is 2.45. The summed E-state index contributed by atoms with van der Waals surface area (Å²) in [5.74, 6) is -1.79. The van der Waals surface area contributed by atoms with Crippen molar-refractivity contribution in [3.05, 3.63) is 29.6 Å². The van der Waals surface area contributed by atoms with E-state index in [4.69, 9.17) is 14.6 Å². The molecule has 0 bridgehead atoms. The summed E-state index contributed by atoms with van der Waals surface area (Å²) in [7, 11) is 0. The molecule has 0 aromatic heterocycles. The normalized spacial score (nSPS) is 17.5. The van der Waals surface area contributed by atoms with Gasteiger partial charge in [-0.05, 0) is 31.0 Å². The first-order valence-electron chi connectivity index (χ1n) is 7.62. The number of rotatable bonds is 5. The minimum atomic E-state index is -1.12. The van der Waals surface area contributed by atoms with Gasteiger partial charge in [0.05, 0.1) is 11.7 Å². The molecule has 1 aromatic rings. The van der Waals surface area contributed by atoms with Crippen LogP contribution in [0.25, 0.3) is 0 Å². The van der Waals surface area contributed by atoms with Gasteiger partial charge < -0.3 is 14.6 Å². The Kier molecular flexibility index (Phi) is 5.06. The smallest absolute Gasteiger partial charge is 0.335 e. The molecule has 2 rings (SSSR count). The van der Waals surface area contributed by atoms with Gasteiger partial charge in [-0.15, -0.1) is 0 Å². The van der Waals surface area contributed by atoms with Crippen molar-refractivity contribution in [2.75, 3.05) is 0 Å². The van der Waals surface area contributed by atoms with Gasteiger partial charge in [-0.1, -0.05) is 33.6 Å². The van der Waals surface area contributed by atoms with Crippen molar-refractivity contribution in [3.8, 4) is 5.75 Å². The molecule has 1 saturated carbocycles. The second-order valence-corrected chi connectivity index (χ2v) is 6.81. The lowest BCUT2D eigenvalue weighted by Crippen LogP contribution is -2.37. The van der Waals surface area contributed by atoms with Crippen molar-refractivity contribution in [1.82, 2.24) is 0 Å². The number of carboxylic acid groups (broad SMARTS) is 1. The quantitative estimate of drug-likeness (QED) is 0.827. The summed E-state index contributed by atoms with van der Waals surface area (Å²) in [4.78, 5) is 11.0. The molecule has 122 valence electrons. The van der Waals surface area contributed by atoms with Gasteiger partial charge in [0, 0.05) is 5.41 Å². The highest BCUT2D eigenvalue weighted by molar-refractivity contribution is 5.88. The largest absolute Gasteiger partial charge is 0.478 e. The average Bonchev–Trinajstić information content (AvgIpc) is 2.92. The van der Waals surface area contributed by atoms with Crippen molar-refractivity contribution >= 4 is 5.97 Å². The molecule has 1 aliphatic rings. The SMILES string of the molecule is CC(C)(C)C(Oc1cc(C(=O)O)ccc1F)OC1CCCC1. The topological polar surface area (TPSA) is 55.8 Å². The van der Waals surface area contributed by atoms with Gasteiger partial charge in [0.1, 0.15) is 0 Å². The van der Waals surface area contributed by atoms with Crippen molar-refractivity contribution in [1.29, 1.82) is 0 Å². The molecule has 0 aliphatic heterocycles. The van der Waals surface area contributed by atoms with E-state index in [0.717, 1.165) is 31.7 Å². The molecule has 0 heterocycles. The minimum Gasteiger partial charge on any atom is -0.478 e. The number of hydrogen-bond acceptors (Lipinski definition) is 3. The van der Waals surface area contributed by atoms with Crippen LogP contribution in [-0.2, 0) is 4.74 Å². The maximum atomic E-state index is 13.9. The number of carboxylic acids is 1. The highest BCUT2D eigenvalue weighted by atomic mass is 19.1. The Bertz CT molecular complexity index is 530. The van der Waals surface area contributed by atoms with E-state index >= 15 is 0 Å². The summed E-state index contributed by atoms with van der Waals surface area (Å²) in [6.45, 7) is 5.85. The van der Waals surface area contributed by atoms with E-state index in [1.807, 2.05) is 20.8 Å². The maximum Gasteiger partial charge on any atom is 0.335 e. The van der Waals surface area contributed by atoms with Crippen LogP contribution in [0.2, 0.25) is 0 Å². The Hall–Kier alpha value is -1.62. The van der Waals surface area contributed by atoms with E-state index in [2.05, 4.69) is 0 Å². The summed E-state index contributed by atoms with van der Waals surface area (Å²) in [6, 6.07) is 3.52. The van der Waals surface area contributed by atoms with Crippen LogP contribution in [0.3, 0.4) is 0 Å². The van der Waals surface area contributed by atoms with E-state index in [9.17, 15) is 9.18 Å². The highest BCUT2D eigenvalue weighted by Crippen LogP contribution is 2.32. The zero-order valence-corrected chi connectivity index (χ0v) is 13.3. The molecule has 1 aliphatic carbocycles. The standard InChI is InChI=1S/C17H23FO4/c1-17(2,3)16(21-12-6-4-5-7-12)22-14-10-11(15(19)20)8-9-13(14)18/h8-10,12,16H,4-7H2,1-3H3,(H,19,20). The Balaban J connectivity index is 2.19. The van der Waals surface area contributed by atoms with Gasteiger partial charge in [0.2, 0.25) is 6.29 Å². The first kappa shape index (κ1) is 16.7. The Labute approximate surface area is 130 Å². The number of ether oxygens (including phenoxy) is 2. The third kappa shape index (κ3) is 4.19. The maximum absolute atomic E-state index is 13.9. The zero-order chi connectivity index (χ0) is 16.3. The van der Waals surface area contributed by atoms with Gasteiger partial charge in [-0.2, -0.15) is 0 Å². The van der Waals surface area contributed by atoms with Crippen LogP contribution in [0.4, 0.5) is 4.39 Å². The van der Waals surface area contributed by atoms with Crippen LogP contribution >= 0.6 is 0 Å². The van der Waals surface area contributed by atoms with Crippen LogP contribution in [0, 0.1) is 11.2 Å². The minimum absolute atomic E-state index is 0.00933. The molecule has 1 N–H and O–H groups in total. The number of benzene rings is 1. The monoisotopic (exact) mass is 310 g/mol. The number of carbonyl (C=O) groups is 1. The lowest BCUT2D eigenvalue weighted by Gasteiger charge is -2.33. The van der Waals surface area contributed by atoms with E-state index in [1.165, 1.54) is 12.1 Å². The highest BCUT2D eigenvalue weighted by Gasteiger charge is 2.32. The lowest BCUT2D eigenvalue weighted by molar-refractivity contribution is -0.170. The first-order chi connectivity index (χ1) is 10.3. The van der Waals surface area contributed by atoms with Gasteiger partial charge in [0.25, 0.3) is 0 Å². The molecule has 1 fully saturated rings. The number of halogens is 1. The lowest BCUT2D eigenvalue weighted by atomic mass is 9.95. The molecular weight excluding hydrogens is 287 g/mol. The molecular formula is C17H23FO4. The van der Waals surface area contributed by atoms with Gasteiger partial charge >= 0.3 is 5.97 Å². The summed E-state index contributed by atoms with van der Waals surface area (Å²) >= 11 is 0. The predicted molar refractivity (Wildman–Crippen MR) is 80.6 cm³/mol. The summed E-state index contributed by atoms with van der Waals surface area (Å²) in [6.07, 6.45) is 3.71. The summed E-state index contributed by atoms with van der Waals surface area (Å²) < 4.78 is 25.6. The second kappa shape index (κ2) is 6.65. The van der Waals surface area contributed by atoms with Crippen molar-refractivity contribution in [2.45, 2.75) is 58.8 Å². The average molecular weight is 310 g/mol. The molecule has 1 atom stereocenters. The van der Waals surface area contributed by atoms with Crippen LogP contribution in [0.15, 0.2) is 18.2 Å². The Morgan fingerprint density at radius 3 is 2.50 bits per heavy atom. The molecule has 0 amide bonds. The van der Waals surface area contributed by atoms with Gasteiger partial charge in [0.15, 0.2) is 11.6 Å². The zero-order valence-electron chi connectivity index (χ0n) is 13.3. The third-order valence-electron chi connectivity index (χ3n) is 3.74. The van der Waals surface area contributed by atoms with E-state index in [1.54, 1.807) is 0 Å². The fraction of sp³-hybridized carbons (Fsp3) is 0.588. The van der Waals surface area contributed by atoms with Gasteiger partial charge in [-0.25, -0.2) is 9.18 Å². The fourth-order valence-electron chi connectivity index (χ4n) is 2.45. The van der Waals surface area contributed by atoms with E-state index < -0.39 is 18.1 Å². The van der Waals surface area contributed by atoms with E-state index in [0.29, 0.717) is 0 Å². The molecule has 0 saturated heterocycles. The van der Waals surface area contributed by atoms with Crippen molar-refractivity contribution in [3.63, 3.8) is 0 Å². The van der Waals surface area contributed by atoms with Crippen LogP contribution in [-0.4, -0.2) is 23.5 Å². The first-order valence-corrected chi connectivity index (χ1v) is 7.62. The molecule has 1 unspecified atom stereocenters. The third-order valence-corrected chi connectivity index (χ3v) is 3.74. The predicted octanol–water partition coefficient (Wildman–Crippen LogP) is 4.23. The van der Waals surface area contributed by atoms with Crippen LogP contribution in [0.5, 0.6) is 5.75 Å². The molecule has 0 radical (unpaired) electrons. The van der Waals surface area contributed by atoms with Crippen LogP contribution < -0.4 is 4.74 Å². The molecule has 5 heteroatoms. The van der Waals surface area contributed by atoms with Crippen molar-refractivity contribution < 1.29 is 23.8 Å².